The third-order valence-corrected chi connectivity index (χ3v) is 2.54. The van der Waals surface area contributed by atoms with E-state index in [0.717, 1.165) is 0 Å². The molecule has 0 rings (SSSR count). The highest BCUT2D eigenvalue weighted by atomic mass is 16.5. The van der Waals surface area contributed by atoms with Gasteiger partial charge in [0.2, 0.25) is 5.91 Å². The molecule has 116 valence electrons. The Kier molecular flexibility index (Phi) is 10.3. The summed E-state index contributed by atoms with van der Waals surface area (Å²) in [6, 6.07) is 0. The van der Waals surface area contributed by atoms with Crippen molar-refractivity contribution in [1.82, 2.24) is 5.32 Å². The Bertz CT molecular complexity index is 318. The number of hydrogen-bond acceptors (Lipinski definition) is 5. The summed E-state index contributed by atoms with van der Waals surface area (Å²) in [4.78, 5) is 21.5. The number of nitrogens with one attached hydrogen (secondary N) is 1. The highest BCUT2D eigenvalue weighted by Gasteiger charge is 2.08. The fourth-order valence-corrected chi connectivity index (χ4v) is 1.24. The zero-order valence-corrected chi connectivity index (χ0v) is 11.8. The van der Waals surface area contributed by atoms with E-state index < -0.39 is 5.97 Å². The van der Waals surface area contributed by atoms with Crippen LogP contribution in [0.5, 0.6) is 0 Å². The number of carbonyl (C=O) groups is 2. The summed E-state index contributed by atoms with van der Waals surface area (Å²) in [6.07, 6.45) is 0.869. The molecule has 0 aromatic heterocycles. The molecule has 1 amide bonds. The predicted molar refractivity (Wildman–Crippen MR) is 72.5 cm³/mol. The zero-order chi connectivity index (χ0) is 15.4. The summed E-state index contributed by atoms with van der Waals surface area (Å²) < 4.78 is 9.91. The fourth-order valence-electron chi connectivity index (χ4n) is 1.24. The van der Waals surface area contributed by atoms with E-state index in [9.17, 15) is 9.59 Å². The van der Waals surface area contributed by atoms with Gasteiger partial charge in [-0.25, -0.2) is 4.79 Å². The van der Waals surface area contributed by atoms with Crippen molar-refractivity contribution in [2.75, 3.05) is 33.0 Å². The van der Waals surface area contributed by atoms with Gasteiger partial charge in [0.1, 0.15) is 6.61 Å². The van der Waals surface area contributed by atoms with Crippen molar-refractivity contribution in [2.45, 2.75) is 19.8 Å². The summed E-state index contributed by atoms with van der Waals surface area (Å²) >= 11 is 0. The van der Waals surface area contributed by atoms with Gasteiger partial charge in [0.15, 0.2) is 0 Å². The van der Waals surface area contributed by atoms with Crippen LogP contribution in [0.2, 0.25) is 0 Å². The smallest absolute Gasteiger partial charge is 0.329 e. The van der Waals surface area contributed by atoms with Crippen molar-refractivity contribution in [3.05, 3.63) is 12.3 Å². The number of aliphatic hydroxyl groups excluding tert-OH is 1. The van der Waals surface area contributed by atoms with Gasteiger partial charge in [-0.1, -0.05) is 13.5 Å². The average molecular weight is 289 g/mol. The molecule has 0 radical (unpaired) electrons. The molecule has 0 saturated heterocycles. The van der Waals surface area contributed by atoms with Crippen LogP contribution >= 0.6 is 0 Å². The Hall–Kier alpha value is -1.60. The molecule has 0 spiro atoms. The zero-order valence-electron chi connectivity index (χ0n) is 11.8. The third-order valence-electron chi connectivity index (χ3n) is 2.54. The van der Waals surface area contributed by atoms with Gasteiger partial charge < -0.3 is 25.0 Å². The van der Waals surface area contributed by atoms with Crippen LogP contribution in [0.15, 0.2) is 12.3 Å². The Morgan fingerprint density at radius 2 is 1.85 bits per heavy atom. The Morgan fingerprint density at radius 1 is 1.20 bits per heavy atom. The van der Waals surface area contributed by atoms with E-state index in [0.29, 0.717) is 26.0 Å². The second kappa shape index (κ2) is 11.2. The summed E-state index contributed by atoms with van der Waals surface area (Å²) in [5.74, 6) is -1.13. The summed E-state index contributed by atoms with van der Waals surface area (Å²) in [5, 5.41) is 20.1. The van der Waals surface area contributed by atoms with E-state index in [1.165, 1.54) is 0 Å². The van der Waals surface area contributed by atoms with Crippen LogP contribution in [0.4, 0.5) is 0 Å². The number of hydrogen-bond donors (Lipinski definition) is 3. The highest BCUT2D eigenvalue weighted by Crippen LogP contribution is 2.11. The minimum absolute atomic E-state index is 0.0856. The first-order valence-electron chi connectivity index (χ1n) is 6.45. The first-order chi connectivity index (χ1) is 9.43. The van der Waals surface area contributed by atoms with Crippen LogP contribution in [0.1, 0.15) is 19.8 Å². The first-order valence-corrected chi connectivity index (χ1v) is 6.45. The van der Waals surface area contributed by atoms with Crippen LogP contribution in [-0.4, -0.2) is 55.1 Å². The number of carboxylic acid groups (broad SMARTS) is 1. The maximum atomic E-state index is 11.4. The van der Waals surface area contributed by atoms with E-state index in [4.69, 9.17) is 19.7 Å². The molecule has 20 heavy (non-hydrogen) atoms. The molecular weight excluding hydrogens is 266 g/mol. The van der Waals surface area contributed by atoms with E-state index >= 15 is 0 Å². The molecule has 7 nitrogen and oxygen atoms in total. The molecule has 0 aromatic rings. The van der Waals surface area contributed by atoms with Crippen molar-refractivity contribution in [1.29, 1.82) is 0 Å². The maximum absolute atomic E-state index is 11.4. The Labute approximate surface area is 118 Å². The van der Waals surface area contributed by atoms with Gasteiger partial charge in [0.05, 0.1) is 25.6 Å². The predicted octanol–water partition coefficient (Wildman–Crippen LogP) is 0.708. The maximum Gasteiger partial charge on any atom is 0.329 e. The average Bonchev–Trinajstić information content (AvgIpc) is 2.38. The van der Waals surface area contributed by atoms with Crippen molar-refractivity contribution >= 4 is 11.9 Å². The standard InChI is InChI=1S/C13H23NO6/c1-10(11(2)15)3-4-12(16)14-5-6-19-7-8-20-9-13(17)18/h10,15H,2-9H2,1H3,(H,14,16)(H,17,18)/t10-/m0/s1. The second-order valence-corrected chi connectivity index (χ2v) is 4.34. The third kappa shape index (κ3) is 11.5. The lowest BCUT2D eigenvalue weighted by Gasteiger charge is -2.10. The highest BCUT2D eigenvalue weighted by molar-refractivity contribution is 5.75. The number of carboxylic acids is 1. The van der Waals surface area contributed by atoms with Gasteiger partial charge in [0, 0.05) is 18.9 Å². The molecule has 0 aliphatic heterocycles. The normalized spacial score (nSPS) is 11.8. The number of ether oxygens (including phenoxy) is 2. The SMILES string of the molecule is C=C(O)[C@@H](C)CCC(=O)NCCOCCOCC(=O)O. The molecule has 0 fully saturated rings. The lowest BCUT2D eigenvalue weighted by atomic mass is 10.0. The molecule has 0 heterocycles. The Morgan fingerprint density at radius 3 is 2.45 bits per heavy atom. The number of aliphatic hydroxyl groups is 1. The second-order valence-electron chi connectivity index (χ2n) is 4.34. The van der Waals surface area contributed by atoms with E-state index in [-0.39, 0.29) is 37.4 Å². The first kappa shape index (κ1) is 18.4. The van der Waals surface area contributed by atoms with Crippen LogP contribution in [-0.2, 0) is 19.1 Å². The number of rotatable bonds is 12. The molecule has 1 atom stereocenters. The number of aliphatic carboxylic acids is 1. The fraction of sp³-hybridized carbons (Fsp3) is 0.692. The lowest BCUT2D eigenvalue weighted by molar-refractivity contribution is -0.142. The van der Waals surface area contributed by atoms with E-state index in [2.05, 4.69) is 11.9 Å². The minimum Gasteiger partial charge on any atom is -0.513 e. The van der Waals surface area contributed by atoms with Crippen molar-refractivity contribution < 1.29 is 29.3 Å². The largest absolute Gasteiger partial charge is 0.513 e. The summed E-state index contributed by atoms with van der Waals surface area (Å²) in [7, 11) is 0. The van der Waals surface area contributed by atoms with Crippen molar-refractivity contribution in [3.8, 4) is 0 Å². The molecular formula is C13H23NO6. The molecule has 3 N–H and O–H groups in total. The van der Waals surface area contributed by atoms with Crippen molar-refractivity contribution in [2.24, 2.45) is 5.92 Å². The molecule has 0 aromatic carbocycles. The molecule has 0 aliphatic rings. The lowest BCUT2D eigenvalue weighted by Crippen LogP contribution is -2.27. The topological polar surface area (TPSA) is 105 Å². The Balaban J connectivity index is 3.35. The monoisotopic (exact) mass is 289 g/mol. The van der Waals surface area contributed by atoms with Gasteiger partial charge in [-0.3, -0.25) is 4.79 Å². The number of amides is 1. The van der Waals surface area contributed by atoms with Gasteiger partial charge in [-0.05, 0) is 6.42 Å². The van der Waals surface area contributed by atoms with Crippen LogP contribution in [0.25, 0.3) is 0 Å². The van der Waals surface area contributed by atoms with E-state index in [1.54, 1.807) is 6.92 Å². The number of allylic oxidation sites excluding steroid dienone is 1. The summed E-state index contributed by atoms with van der Waals surface area (Å²) in [5.41, 5.74) is 0. The van der Waals surface area contributed by atoms with Crippen LogP contribution in [0.3, 0.4) is 0 Å². The molecule has 0 saturated carbocycles. The molecule has 0 unspecified atom stereocenters. The van der Waals surface area contributed by atoms with Gasteiger partial charge in [0.25, 0.3) is 0 Å². The van der Waals surface area contributed by atoms with Crippen LogP contribution in [0, 0.1) is 5.92 Å². The van der Waals surface area contributed by atoms with Crippen LogP contribution < -0.4 is 5.32 Å². The number of carbonyl (C=O) groups excluding carboxylic acids is 1. The summed E-state index contributed by atoms with van der Waals surface area (Å²) in [6.45, 7) is 6.08. The van der Waals surface area contributed by atoms with Gasteiger partial charge >= 0.3 is 5.97 Å². The van der Waals surface area contributed by atoms with Gasteiger partial charge in [-0.2, -0.15) is 0 Å². The molecule has 7 heteroatoms. The van der Waals surface area contributed by atoms with Gasteiger partial charge in [-0.15, -0.1) is 0 Å². The van der Waals surface area contributed by atoms with Crippen molar-refractivity contribution in [3.63, 3.8) is 0 Å². The van der Waals surface area contributed by atoms with E-state index in [1.807, 2.05) is 0 Å². The quantitative estimate of drug-likeness (QED) is 0.361. The molecule has 0 bridgehead atoms. The minimum atomic E-state index is -1.02. The molecule has 0 aliphatic carbocycles.